The Bertz CT molecular complexity index is 1210. The average Bonchev–Trinajstić information content (AvgIpc) is 2.99. The monoisotopic (exact) mass is 421 g/mol. The van der Waals surface area contributed by atoms with Crippen molar-refractivity contribution in [3.8, 4) is 0 Å². The van der Waals surface area contributed by atoms with Gasteiger partial charge < -0.3 is 5.32 Å². The zero-order valence-corrected chi connectivity index (χ0v) is 18.4. The number of thiophene rings is 1. The largest absolute Gasteiger partial charge is 0.355 e. The second-order valence-corrected chi connectivity index (χ2v) is 9.04. The minimum absolute atomic E-state index is 0.662. The molecule has 0 spiro atoms. The van der Waals surface area contributed by atoms with Crippen molar-refractivity contribution in [2.75, 3.05) is 5.32 Å². The Morgan fingerprint density at radius 1 is 0.929 bits per heavy atom. The fraction of sp³-hybridized carbons (Fsp3) is 0.125. The third-order valence-corrected chi connectivity index (χ3v) is 6.92. The first-order chi connectivity index (χ1) is 13.4. The van der Waals surface area contributed by atoms with E-state index in [1.54, 1.807) is 11.3 Å². The predicted molar refractivity (Wildman–Crippen MR) is 128 cm³/mol. The Morgan fingerprint density at radius 2 is 1.71 bits per heavy atom. The van der Waals surface area contributed by atoms with Crippen molar-refractivity contribution < 1.29 is 0 Å². The Kier molecular flexibility index (Phi) is 5.24. The number of thiocarbonyl (C=S) groups is 1. The fourth-order valence-electron chi connectivity index (χ4n) is 3.35. The molecule has 4 rings (SSSR count). The molecular weight excluding hydrogens is 402 g/mol. The highest BCUT2D eigenvalue weighted by atomic mass is 35.5. The Hall–Kier alpha value is -2.20. The molecule has 0 atom stereocenters. The lowest BCUT2D eigenvalue weighted by Gasteiger charge is -2.12. The summed E-state index contributed by atoms with van der Waals surface area (Å²) in [5, 5.41) is 6.57. The molecule has 0 amide bonds. The van der Waals surface area contributed by atoms with Gasteiger partial charge in [0, 0.05) is 27.2 Å². The normalized spacial score (nSPS) is 11.0. The molecule has 1 aromatic heterocycles. The van der Waals surface area contributed by atoms with E-state index in [9.17, 15) is 0 Å². The maximum Gasteiger partial charge on any atom is 0.0643 e. The number of anilines is 2. The van der Waals surface area contributed by atoms with E-state index in [2.05, 4.69) is 56.4 Å². The molecule has 0 aliphatic carbocycles. The molecule has 0 radical (unpaired) electrons. The summed E-state index contributed by atoms with van der Waals surface area (Å²) < 4.78 is 0. The summed E-state index contributed by atoms with van der Waals surface area (Å²) in [4.78, 5) is 3.20. The van der Waals surface area contributed by atoms with Gasteiger partial charge in [0.25, 0.3) is 0 Å². The van der Waals surface area contributed by atoms with Crippen LogP contribution in [0.15, 0.2) is 60.7 Å². The molecule has 4 aromatic rings. The van der Waals surface area contributed by atoms with Crippen molar-refractivity contribution in [3.05, 3.63) is 92.1 Å². The molecule has 1 nitrogen and oxygen atoms in total. The van der Waals surface area contributed by atoms with Gasteiger partial charge in [0.15, 0.2) is 0 Å². The molecule has 1 heterocycles. The third-order valence-electron chi connectivity index (χ3n) is 4.90. The van der Waals surface area contributed by atoms with E-state index in [1.165, 1.54) is 26.8 Å². The van der Waals surface area contributed by atoms with Gasteiger partial charge in [-0.15, -0.1) is 11.3 Å². The van der Waals surface area contributed by atoms with Gasteiger partial charge in [-0.1, -0.05) is 65.8 Å². The van der Waals surface area contributed by atoms with Gasteiger partial charge in [0.05, 0.1) is 14.8 Å². The summed E-state index contributed by atoms with van der Waals surface area (Å²) in [6, 6.07) is 20.7. The van der Waals surface area contributed by atoms with E-state index in [0.29, 0.717) is 5.02 Å². The standard InChI is InChI=1S/C24H20ClNS2/c1-14-8-10-18-20(12-14)16(3)28-24(18)23(27)19-11-9-17(13-21(19)25)26-22-7-5-4-6-15(22)2/h4-13,26H,1-3H3. The van der Waals surface area contributed by atoms with Gasteiger partial charge in [-0.25, -0.2) is 0 Å². The number of hydrogen-bond donors (Lipinski definition) is 1. The van der Waals surface area contributed by atoms with Crippen molar-refractivity contribution in [2.45, 2.75) is 20.8 Å². The number of hydrogen-bond acceptors (Lipinski definition) is 3. The van der Waals surface area contributed by atoms with Crippen LogP contribution in [0.3, 0.4) is 0 Å². The van der Waals surface area contributed by atoms with E-state index in [-0.39, 0.29) is 0 Å². The van der Waals surface area contributed by atoms with Gasteiger partial charge >= 0.3 is 0 Å². The molecule has 1 N–H and O–H groups in total. The lowest BCUT2D eigenvalue weighted by molar-refractivity contribution is 1.43. The highest BCUT2D eigenvalue weighted by Crippen LogP contribution is 2.35. The summed E-state index contributed by atoms with van der Waals surface area (Å²) in [7, 11) is 0. The molecule has 0 saturated carbocycles. The van der Waals surface area contributed by atoms with Gasteiger partial charge in [0.2, 0.25) is 0 Å². The maximum absolute atomic E-state index is 6.64. The van der Waals surface area contributed by atoms with Crippen molar-refractivity contribution in [3.63, 3.8) is 0 Å². The zero-order chi connectivity index (χ0) is 19.8. The minimum atomic E-state index is 0.662. The lowest BCUT2D eigenvalue weighted by atomic mass is 10.0. The van der Waals surface area contributed by atoms with Crippen molar-refractivity contribution in [1.82, 2.24) is 0 Å². The van der Waals surface area contributed by atoms with Crippen LogP contribution >= 0.6 is 35.2 Å². The molecule has 0 fully saturated rings. The van der Waals surface area contributed by atoms with Crippen LogP contribution in [-0.2, 0) is 0 Å². The number of fused-ring (bicyclic) bond motifs is 1. The molecule has 0 aliphatic rings. The van der Waals surface area contributed by atoms with E-state index >= 15 is 0 Å². The smallest absolute Gasteiger partial charge is 0.0643 e. The van der Waals surface area contributed by atoms with Crippen LogP contribution in [0.4, 0.5) is 11.4 Å². The molecular formula is C24H20ClNS2. The second kappa shape index (κ2) is 7.67. The summed E-state index contributed by atoms with van der Waals surface area (Å²) in [6.45, 7) is 6.35. The fourth-order valence-corrected chi connectivity index (χ4v) is 5.17. The lowest BCUT2D eigenvalue weighted by Crippen LogP contribution is -2.00. The Labute approximate surface area is 180 Å². The molecule has 0 bridgehead atoms. The third kappa shape index (κ3) is 3.58. The first-order valence-electron chi connectivity index (χ1n) is 9.10. The van der Waals surface area contributed by atoms with Crippen molar-refractivity contribution >= 4 is 62.2 Å². The first kappa shape index (κ1) is 19.1. The van der Waals surface area contributed by atoms with E-state index in [4.69, 9.17) is 23.8 Å². The van der Waals surface area contributed by atoms with Crippen LogP contribution in [0.1, 0.15) is 26.4 Å². The topological polar surface area (TPSA) is 12.0 Å². The molecule has 4 heteroatoms. The van der Waals surface area contributed by atoms with Crippen LogP contribution in [0.2, 0.25) is 5.02 Å². The molecule has 0 aliphatic heterocycles. The van der Waals surface area contributed by atoms with E-state index in [1.807, 2.05) is 30.3 Å². The highest BCUT2D eigenvalue weighted by Gasteiger charge is 2.16. The molecule has 0 unspecified atom stereocenters. The Morgan fingerprint density at radius 3 is 2.46 bits per heavy atom. The summed E-state index contributed by atoms with van der Waals surface area (Å²) >= 11 is 14.2. The van der Waals surface area contributed by atoms with E-state index < -0.39 is 0 Å². The maximum atomic E-state index is 6.64. The van der Waals surface area contributed by atoms with Crippen LogP contribution in [0, 0.1) is 20.8 Å². The minimum Gasteiger partial charge on any atom is -0.355 e. The summed E-state index contributed by atoms with van der Waals surface area (Å²) in [5.74, 6) is 0. The molecule has 0 saturated heterocycles. The number of para-hydroxylation sites is 1. The SMILES string of the molecule is Cc1ccc2c(C(=S)c3ccc(Nc4ccccc4C)cc3Cl)sc(C)c2c1. The number of nitrogens with one attached hydrogen (secondary N) is 1. The molecule has 3 aromatic carbocycles. The number of aryl methyl sites for hydroxylation is 3. The number of halogens is 1. The van der Waals surface area contributed by atoms with Gasteiger partial charge in [-0.2, -0.15) is 0 Å². The summed E-state index contributed by atoms with van der Waals surface area (Å²) in [5.41, 5.74) is 5.37. The van der Waals surface area contributed by atoms with Crippen molar-refractivity contribution in [1.29, 1.82) is 0 Å². The number of rotatable bonds is 4. The van der Waals surface area contributed by atoms with Crippen LogP contribution < -0.4 is 5.32 Å². The summed E-state index contributed by atoms with van der Waals surface area (Å²) in [6.07, 6.45) is 0. The highest BCUT2D eigenvalue weighted by molar-refractivity contribution is 7.81. The van der Waals surface area contributed by atoms with Crippen LogP contribution in [-0.4, -0.2) is 4.86 Å². The van der Waals surface area contributed by atoms with Crippen LogP contribution in [0.5, 0.6) is 0 Å². The quantitative estimate of drug-likeness (QED) is 0.264. The van der Waals surface area contributed by atoms with Gasteiger partial charge in [0.1, 0.15) is 0 Å². The Balaban J connectivity index is 1.68. The van der Waals surface area contributed by atoms with Gasteiger partial charge in [-0.3, -0.25) is 0 Å². The van der Waals surface area contributed by atoms with Gasteiger partial charge in [-0.05, 0) is 56.0 Å². The predicted octanol–water partition coefficient (Wildman–Crippen LogP) is 7.99. The molecule has 28 heavy (non-hydrogen) atoms. The molecule has 140 valence electrons. The van der Waals surface area contributed by atoms with Crippen LogP contribution in [0.25, 0.3) is 10.8 Å². The first-order valence-corrected chi connectivity index (χ1v) is 10.7. The average molecular weight is 422 g/mol. The zero-order valence-electron chi connectivity index (χ0n) is 16.0. The number of benzene rings is 3. The van der Waals surface area contributed by atoms with Crippen molar-refractivity contribution in [2.24, 2.45) is 0 Å². The second-order valence-electron chi connectivity index (χ2n) is 7.00. The van der Waals surface area contributed by atoms with E-state index in [0.717, 1.165) is 26.7 Å².